The van der Waals surface area contributed by atoms with Gasteiger partial charge in [-0.05, 0) is 31.9 Å². The monoisotopic (exact) mass is 551 g/mol. The van der Waals surface area contributed by atoms with Gasteiger partial charge in [-0.2, -0.15) is 22.7 Å². The SMILES string of the molecule is Cc1ccc(S(=O)(=O)N2CCC(N(C)N3OCC3N3CSCC3C#N)CC2)cc1.O=C(O)C(F)(F)F. The summed E-state index contributed by atoms with van der Waals surface area (Å²) in [5.41, 5.74) is 1.04. The Morgan fingerprint density at radius 1 is 1.25 bits per heavy atom. The first-order valence-electron chi connectivity index (χ1n) is 11.1. The van der Waals surface area contributed by atoms with Gasteiger partial charge in [0.2, 0.25) is 10.0 Å². The second kappa shape index (κ2) is 11.6. The van der Waals surface area contributed by atoms with E-state index in [9.17, 15) is 26.9 Å². The highest BCUT2D eigenvalue weighted by atomic mass is 32.2. The van der Waals surface area contributed by atoms with Crippen LogP contribution in [0.3, 0.4) is 0 Å². The van der Waals surface area contributed by atoms with Crippen LogP contribution in [-0.4, -0.2) is 102 Å². The molecule has 3 heterocycles. The Bertz CT molecular complexity index is 1060. The third-order valence-corrected chi connectivity index (χ3v) is 9.17. The molecule has 0 spiro atoms. The Kier molecular flexibility index (Phi) is 9.25. The average molecular weight is 552 g/mol. The van der Waals surface area contributed by atoms with Crippen molar-refractivity contribution in [3.8, 4) is 6.07 Å². The molecule has 0 saturated carbocycles. The number of benzene rings is 1. The number of hydrogen-bond acceptors (Lipinski definition) is 9. The lowest BCUT2D eigenvalue weighted by Gasteiger charge is -2.51. The lowest BCUT2D eigenvalue weighted by Crippen LogP contribution is -2.67. The van der Waals surface area contributed by atoms with Gasteiger partial charge in [-0.15, -0.1) is 16.9 Å². The normalized spacial score (nSPS) is 24.6. The van der Waals surface area contributed by atoms with E-state index in [1.54, 1.807) is 28.2 Å². The summed E-state index contributed by atoms with van der Waals surface area (Å²) in [6.07, 6.45) is -3.52. The number of aryl methyl sites for hydroxylation is 1. The molecule has 0 bridgehead atoms. The zero-order valence-corrected chi connectivity index (χ0v) is 21.4. The van der Waals surface area contributed by atoms with Gasteiger partial charge in [-0.1, -0.05) is 17.7 Å². The van der Waals surface area contributed by atoms with Gasteiger partial charge in [0.1, 0.15) is 18.8 Å². The Morgan fingerprint density at radius 3 is 2.31 bits per heavy atom. The molecule has 0 amide bonds. The number of hydroxylamine groups is 1. The number of halogens is 3. The quantitative estimate of drug-likeness (QED) is 0.583. The van der Waals surface area contributed by atoms with E-state index in [4.69, 9.17) is 14.7 Å². The highest BCUT2D eigenvalue weighted by Gasteiger charge is 2.45. The highest BCUT2D eigenvalue weighted by Crippen LogP contribution is 2.32. The van der Waals surface area contributed by atoms with Gasteiger partial charge >= 0.3 is 12.1 Å². The minimum absolute atomic E-state index is 0.0775. The van der Waals surface area contributed by atoms with Gasteiger partial charge in [0, 0.05) is 37.8 Å². The molecule has 3 fully saturated rings. The first-order chi connectivity index (χ1) is 16.9. The van der Waals surface area contributed by atoms with Crippen molar-refractivity contribution in [1.82, 2.24) is 19.4 Å². The Labute approximate surface area is 212 Å². The number of carbonyl (C=O) groups is 1. The van der Waals surface area contributed by atoms with Crippen LogP contribution >= 0.6 is 11.8 Å². The number of carboxylic acid groups (broad SMARTS) is 1. The van der Waals surface area contributed by atoms with Crippen molar-refractivity contribution >= 4 is 27.8 Å². The molecule has 36 heavy (non-hydrogen) atoms. The average Bonchev–Trinajstić information content (AvgIpc) is 3.26. The number of nitriles is 1. The molecule has 15 heteroatoms. The molecule has 3 aliphatic rings. The van der Waals surface area contributed by atoms with E-state index < -0.39 is 22.2 Å². The number of aliphatic carboxylic acids is 1. The molecule has 0 aliphatic carbocycles. The third kappa shape index (κ3) is 6.49. The van der Waals surface area contributed by atoms with Crippen LogP contribution in [0.5, 0.6) is 0 Å². The van der Waals surface area contributed by atoms with Gasteiger partial charge < -0.3 is 5.11 Å². The van der Waals surface area contributed by atoms with Crippen LogP contribution in [0.15, 0.2) is 29.2 Å². The highest BCUT2D eigenvalue weighted by molar-refractivity contribution is 7.99. The first kappa shape index (κ1) is 28.6. The first-order valence-corrected chi connectivity index (χ1v) is 13.7. The van der Waals surface area contributed by atoms with Crippen LogP contribution in [0.25, 0.3) is 0 Å². The molecule has 3 saturated heterocycles. The summed E-state index contributed by atoms with van der Waals surface area (Å²) in [5, 5.41) is 20.4. The second-order valence-corrected chi connectivity index (χ2v) is 11.5. The Morgan fingerprint density at radius 2 is 1.83 bits per heavy atom. The van der Waals surface area contributed by atoms with Crippen molar-refractivity contribution < 1.29 is 36.3 Å². The van der Waals surface area contributed by atoms with E-state index in [1.807, 2.05) is 31.3 Å². The molecule has 4 rings (SSSR count). The number of piperidine rings is 1. The zero-order chi connectivity index (χ0) is 26.7. The van der Waals surface area contributed by atoms with Gasteiger partial charge in [-0.25, -0.2) is 18.2 Å². The largest absolute Gasteiger partial charge is 0.490 e. The number of alkyl halides is 3. The fourth-order valence-corrected chi connectivity index (χ4v) is 6.70. The predicted octanol–water partition coefficient (Wildman–Crippen LogP) is 2.10. The fourth-order valence-electron chi connectivity index (χ4n) is 4.07. The lowest BCUT2D eigenvalue weighted by molar-refractivity contribution is -0.419. The number of hydrazine groups is 1. The third-order valence-electron chi connectivity index (χ3n) is 6.22. The van der Waals surface area contributed by atoms with E-state index in [2.05, 4.69) is 16.0 Å². The Balaban J connectivity index is 0.000000454. The molecular formula is C21H28F3N5O5S2. The van der Waals surface area contributed by atoms with Gasteiger partial charge in [-0.3, -0.25) is 9.74 Å². The zero-order valence-electron chi connectivity index (χ0n) is 19.8. The van der Waals surface area contributed by atoms with Crippen molar-refractivity contribution in [3.63, 3.8) is 0 Å². The summed E-state index contributed by atoms with van der Waals surface area (Å²) in [6.45, 7) is 3.51. The molecule has 10 nitrogen and oxygen atoms in total. The van der Waals surface area contributed by atoms with E-state index >= 15 is 0 Å². The van der Waals surface area contributed by atoms with Crippen molar-refractivity contribution in [2.75, 3.05) is 38.4 Å². The lowest BCUT2D eigenvalue weighted by atomic mass is 10.1. The molecule has 0 aromatic heterocycles. The summed E-state index contributed by atoms with van der Waals surface area (Å²) in [6, 6.07) is 9.53. The number of nitrogens with zero attached hydrogens (tertiary/aromatic N) is 5. The standard InChI is InChI=1S/C19H27N5O3S2.C2HF3O2/c1-15-3-5-18(6-4-15)29(25,26)22-9-7-16(8-10-22)21(2)24-19(12-27-24)23-14-28-13-17(23)11-20;3-2(4,5)1(6)7/h3-6,16-17,19H,7-10,12-14H2,1-2H3;(H,6,7). The minimum atomic E-state index is -5.08. The van der Waals surface area contributed by atoms with Gasteiger partial charge in [0.15, 0.2) is 0 Å². The minimum Gasteiger partial charge on any atom is -0.475 e. The summed E-state index contributed by atoms with van der Waals surface area (Å²) in [4.78, 5) is 17.1. The molecule has 2 unspecified atom stereocenters. The van der Waals surface area contributed by atoms with E-state index in [1.165, 1.54) is 0 Å². The predicted molar refractivity (Wildman–Crippen MR) is 125 cm³/mol. The maximum absolute atomic E-state index is 12.9. The number of hydrogen-bond donors (Lipinski definition) is 1. The topological polar surface area (TPSA) is 117 Å². The van der Waals surface area contributed by atoms with E-state index in [0.717, 1.165) is 30.0 Å². The summed E-state index contributed by atoms with van der Waals surface area (Å²) < 4.78 is 59.1. The molecule has 200 valence electrons. The Hall–Kier alpha value is -1.93. The number of thioether (sulfide) groups is 1. The van der Waals surface area contributed by atoms with E-state index in [0.29, 0.717) is 24.6 Å². The van der Waals surface area contributed by atoms with Crippen LogP contribution in [0.4, 0.5) is 13.2 Å². The van der Waals surface area contributed by atoms with Crippen molar-refractivity contribution in [3.05, 3.63) is 29.8 Å². The smallest absolute Gasteiger partial charge is 0.475 e. The van der Waals surface area contributed by atoms with Crippen LogP contribution in [-0.2, 0) is 19.7 Å². The van der Waals surface area contributed by atoms with E-state index in [-0.39, 0.29) is 18.2 Å². The molecule has 1 N–H and O–H groups in total. The van der Waals surface area contributed by atoms with Gasteiger partial charge in [0.05, 0.1) is 11.0 Å². The van der Waals surface area contributed by atoms with Gasteiger partial charge in [0.25, 0.3) is 0 Å². The number of rotatable bonds is 5. The van der Waals surface area contributed by atoms with Crippen LogP contribution in [0, 0.1) is 18.3 Å². The van der Waals surface area contributed by atoms with Crippen LogP contribution in [0.2, 0.25) is 0 Å². The molecular weight excluding hydrogens is 523 g/mol. The molecule has 2 atom stereocenters. The molecule has 3 aliphatic heterocycles. The number of sulfonamides is 1. The summed E-state index contributed by atoms with van der Waals surface area (Å²) in [7, 11) is -1.46. The maximum atomic E-state index is 12.9. The van der Waals surface area contributed by atoms with Crippen molar-refractivity contribution in [1.29, 1.82) is 5.26 Å². The summed E-state index contributed by atoms with van der Waals surface area (Å²) >= 11 is 1.77. The van der Waals surface area contributed by atoms with Crippen molar-refractivity contribution in [2.45, 2.75) is 49.1 Å². The second-order valence-electron chi connectivity index (χ2n) is 8.56. The summed E-state index contributed by atoms with van der Waals surface area (Å²) in [5.74, 6) is -1.09. The molecule has 1 aromatic carbocycles. The van der Waals surface area contributed by atoms with Crippen LogP contribution in [0.1, 0.15) is 18.4 Å². The maximum Gasteiger partial charge on any atom is 0.490 e. The van der Waals surface area contributed by atoms with Crippen molar-refractivity contribution in [2.24, 2.45) is 0 Å². The molecule has 1 aromatic rings. The fraction of sp³-hybridized carbons (Fsp3) is 0.619. The van der Waals surface area contributed by atoms with Crippen LogP contribution < -0.4 is 0 Å². The number of carboxylic acids is 1. The molecule has 0 radical (unpaired) electrons.